The number of hydrogen-bond acceptors (Lipinski definition) is 1. The van der Waals surface area contributed by atoms with Crippen molar-refractivity contribution in [3.8, 4) is 0 Å². The quantitative estimate of drug-likeness (QED) is 0.661. The van der Waals surface area contributed by atoms with Crippen LogP contribution in [0.4, 0.5) is 0 Å². The zero-order valence-electron chi connectivity index (χ0n) is 7.86. The van der Waals surface area contributed by atoms with Crippen molar-refractivity contribution in [2.24, 2.45) is 5.41 Å². The highest BCUT2D eigenvalue weighted by Crippen LogP contribution is 2.26. The van der Waals surface area contributed by atoms with Crippen molar-refractivity contribution in [2.45, 2.75) is 45.0 Å². The van der Waals surface area contributed by atoms with E-state index in [0.717, 1.165) is 12.8 Å². The summed E-state index contributed by atoms with van der Waals surface area (Å²) in [5.74, 6) is -0.0216. The van der Waals surface area contributed by atoms with Gasteiger partial charge in [-0.1, -0.05) is 20.8 Å². The molecular weight excluding hydrogens is 174 g/mol. The van der Waals surface area contributed by atoms with Crippen LogP contribution in [0.3, 0.4) is 0 Å². The molecule has 0 aromatic heterocycles. The molecule has 1 N–H and O–H groups in total. The predicted molar refractivity (Wildman–Crippen MR) is 50.3 cm³/mol. The van der Waals surface area contributed by atoms with Gasteiger partial charge in [0.05, 0.1) is 0 Å². The summed E-state index contributed by atoms with van der Waals surface area (Å²) in [6.07, 6.45) is 2.22. The zero-order chi connectivity index (χ0) is 9.35. The van der Waals surface area contributed by atoms with Gasteiger partial charge in [0, 0.05) is 6.04 Å². The summed E-state index contributed by atoms with van der Waals surface area (Å²) in [7, 11) is 0. The zero-order valence-corrected chi connectivity index (χ0v) is 8.61. The Morgan fingerprint density at radius 2 is 2.00 bits per heavy atom. The Kier molecular flexibility index (Phi) is 2.67. The Bertz CT molecular complexity index is 181. The first-order chi connectivity index (χ1) is 5.41. The molecule has 1 aliphatic rings. The van der Waals surface area contributed by atoms with Crippen LogP contribution in [0.1, 0.15) is 33.6 Å². The number of carbonyl (C=O) groups excluding carboxylic acids is 1. The minimum atomic E-state index is -0.418. The standard InChI is InChI=1S/C9H16ClNO/c1-9(2,3)7(10)8(12)11-6-4-5-6/h6-7H,4-5H2,1-3H3,(H,11,12). The summed E-state index contributed by atoms with van der Waals surface area (Å²) in [5.41, 5.74) is -0.152. The third-order valence-corrected chi connectivity index (χ3v) is 2.77. The summed E-state index contributed by atoms with van der Waals surface area (Å²) >= 11 is 5.97. The van der Waals surface area contributed by atoms with E-state index in [1.807, 2.05) is 20.8 Å². The Labute approximate surface area is 78.7 Å². The first-order valence-corrected chi connectivity index (χ1v) is 4.79. The van der Waals surface area contributed by atoms with E-state index in [1.165, 1.54) is 0 Å². The van der Waals surface area contributed by atoms with E-state index in [4.69, 9.17) is 11.6 Å². The Morgan fingerprint density at radius 3 is 2.33 bits per heavy atom. The van der Waals surface area contributed by atoms with Crippen molar-refractivity contribution in [3.63, 3.8) is 0 Å². The van der Waals surface area contributed by atoms with Gasteiger partial charge in [-0.3, -0.25) is 4.79 Å². The summed E-state index contributed by atoms with van der Waals surface area (Å²) in [5, 5.41) is 2.47. The maximum Gasteiger partial charge on any atom is 0.238 e. The van der Waals surface area contributed by atoms with Crippen LogP contribution in [-0.4, -0.2) is 17.3 Å². The van der Waals surface area contributed by atoms with E-state index in [1.54, 1.807) is 0 Å². The molecule has 0 aromatic carbocycles. The van der Waals surface area contributed by atoms with Crippen LogP contribution in [-0.2, 0) is 4.79 Å². The third kappa shape index (κ3) is 2.67. The lowest BCUT2D eigenvalue weighted by molar-refractivity contribution is -0.122. The van der Waals surface area contributed by atoms with Crippen molar-refractivity contribution in [1.29, 1.82) is 0 Å². The van der Waals surface area contributed by atoms with Gasteiger partial charge in [0.15, 0.2) is 0 Å². The lowest BCUT2D eigenvalue weighted by Gasteiger charge is -2.23. The summed E-state index contributed by atoms with van der Waals surface area (Å²) in [6, 6.07) is 0.404. The van der Waals surface area contributed by atoms with Crippen LogP contribution in [0.25, 0.3) is 0 Å². The number of halogens is 1. The van der Waals surface area contributed by atoms with Gasteiger partial charge in [0.2, 0.25) is 5.91 Å². The molecule has 1 amide bonds. The van der Waals surface area contributed by atoms with E-state index in [2.05, 4.69) is 5.32 Å². The summed E-state index contributed by atoms with van der Waals surface area (Å²) in [4.78, 5) is 11.4. The summed E-state index contributed by atoms with van der Waals surface area (Å²) in [6.45, 7) is 5.91. The van der Waals surface area contributed by atoms with Gasteiger partial charge >= 0.3 is 0 Å². The lowest BCUT2D eigenvalue weighted by Crippen LogP contribution is -2.39. The molecule has 1 atom stereocenters. The Morgan fingerprint density at radius 1 is 1.50 bits per heavy atom. The highest BCUT2D eigenvalue weighted by Gasteiger charge is 2.32. The average Bonchev–Trinajstić information content (AvgIpc) is 2.68. The fraction of sp³-hybridized carbons (Fsp3) is 0.889. The highest BCUT2D eigenvalue weighted by atomic mass is 35.5. The Hall–Kier alpha value is -0.240. The van der Waals surface area contributed by atoms with Gasteiger partial charge in [-0.25, -0.2) is 0 Å². The van der Waals surface area contributed by atoms with Crippen LogP contribution in [0.2, 0.25) is 0 Å². The van der Waals surface area contributed by atoms with E-state index in [-0.39, 0.29) is 11.3 Å². The topological polar surface area (TPSA) is 29.1 Å². The number of hydrogen-bond donors (Lipinski definition) is 1. The van der Waals surface area contributed by atoms with Gasteiger partial charge in [0.1, 0.15) is 5.38 Å². The van der Waals surface area contributed by atoms with E-state index in [0.29, 0.717) is 6.04 Å². The first kappa shape index (κ1) is 9.85. The predicted octanol–water partition coefficient (Wildman–Crippen LogP) is 1.92. The lowest BCUT2D eigenvalue weighted by atomic mass is 9.91. The number of amides is 1. The molecule has 0 heterocycles. The largest absolute Gasteiger partial charge is 0.352 e. The van der Waals surface area contributed by atoms with Gasteiger partial charge in [-0.2, -0.15) is 0 Å². The molecule has 0 radical (unpaired) electrons. The van der Waals surface area contributed by atoms with Crippen LogP contribution < -0.4 is 5.32 Å². The molecule has 1 fully saturated rings. The minimum absolute atomic E-state index is 0.0216. The van der Waals surface area contributed by atoms with Crippen molar-refractivity contribution in [3.05, 3.63) is 0 Å². The fourth-order valence-corrected chi connectivity index (χ4v) is 0.958. The molecule has 0 bridgehead atoms. The van der Waals surface area contributed by atoms with Gasteiger partial charge in [-0.15, -0.1) is 11.6 Å². The van der Waals surface area contributed by atoms with Crippen molar-refractivity contribution in [2.75, 3.05) is 0 Å². The van der Waals surface area contributed by atoms with E-state index < -0.39 is 5.38 Å². The number of alkyl halides is 1. The molecule has 70 valence electrons. The SMILES string of the molecule is CC(C)(C)C(Cl)C(=O)NC1CC1. The molecule has 3 heteroatoms. The van der Waals surface area contributed by atoms with Crippen LogP contribution in [0.15, 0.2) is 0 Å². The second kappa shape index (κ2) is 3.25. The third-order valence-electron chi connectivity index (χ3n) is 1.91. The van der Waals surface area contributed by atoms with Gasteiger partial charge < -0.3 is 5.32 Å². The van der Waals surface area contributed by atoms with Gasteiger partial charge in [-0.05, 0) is 18.3 Å². The molecule has 1 aliphatic carbocycles. The number of rotatable bonds is 2. The maximum absolute atomic E-state index is 11.4. The molecule has 1 saturated carbocycles. The maximum atomic E-state index is 11.4. The molecule has 1 unspecified atom stereocenters. The molecule has 2 nitrogen and oxygen atoms in total. The average molecular weight is 190 g/mol. The smallest absolute Gasteiger partial charge is 0.238 e. The van der Waals surface area contributed by atoms with Crippen LogP contribution in [0, 0.1) is 5.41 Å². The second-order valence-corrected chi connectivity index (χ2v) is 4.95. The van der Waals surface area contributed by atoms with Crippen LogP contribution >= 0.6 is 11.6 Å². The molecular formula is C9H16ClNO. The van der Waals surface area contributed by atoms with Crippen molar-refractivity contribution < 1.29 is 4.79 Å². The molecule has 0 saturated heterocycles. The minimum Gasteiger partial charge on any atom is -0.352 e. The van der Waals surface area contributed by atoms with Crippen LogP contribution in [0.5, 0.6) is 0 Å². The number of nitrogens with one attached hydrogen (secondary N) is 1. The molecule has 0 aliphatic heterocycles. The van der Waals surface area contributed by atoms with Gasteiger partial charge in [0.25, 0.3) is 0 Å². The number of carbonyl (C=O) groups is 1. The normalized spacial score (nSPS) is 20.3. The first-order valence-electron chi connectivity index (χ1n) is 4.35. The fourth-order valence-electron chi connectivity index (χ4n) is 0.895. The van der Waals surface area contributed by atoms with E-state index in [9.17, 15) is 4.79 Å². The molecule has 0 spiro atoms. The Balaban J connectivity index is 2.39. The summed E-state index contributed by atoms with van der Waals surface area (Å²) < 4.78 is 0. The van der Waals surface area contributed by atoms with Crippen molar-refractivity contribution >= 4 is 17.5 Å². The monoisotopic (exact) mass is 189 g/mol. The van der Waals surface area contributed by atoms with E-state index >= 15 is 0 Å². The highest BCUT2D eigenvalue weighted by molar-refractivity contribution is 6.31. The second-order valence-electron chi connectivity index (χ2n) is 4.51. The van der Waals surface area contributed by atoms with Crippen molar-refractivity contribution in [1.82, 2.24) is 5.32 Å². The molecule has 1 rings (SSSR count). The molecule has 12 heavy (non-hydrogen) atoms. The molecule has 0 aromatic rings.